The highest BCUT2D eigenvalue weighted by molar-refractivity contribution is 5.97. The van der Waals surface area contributed by atoms with E-state index in [2.05, 4.69) is 5.32 Å². The van der Waals surface area contributed by atoms with Crippen molar-refractivity contribution in [2.75, 3.05) is 11.9 Å². The second-order valence-electron chi connectivity index (χ2n) is 7.11. The zero-order chi connectivity index (χ0) is 18.8. The average Bonchev–Trinajstić information content (AvgIpc) is 3.43. The lowest BCUT2D eigenvalue weighted by Gasteiger charge is -2.15. The Morgan fingerprint density at radius 2 is 1.96 bits per heavy atom. The van der Waals surface area contributed by atoms with Crippen molar-refractivity contribution in [1.82, 2.24) is 4.90 Å². The number of hydrogen-bond acceptors (Lipinski definition) is 3. The first-order valence-electron chi connectivity index (χ1n) is 9.16. The second kappa shape index (κ2) is 7.39. The summed E-state index contributed by atoms with van der Waals surface area (Å²) in [5.74, 6) is -0.0357. The first kappa shape index (κ1) is 17.5. The van der Waals surface area contributed by atoms with Gasteiger partial charge >= 0.3 is 0 Å². The Hall–Kier alpha value is -2.89. The number of nitrogens with zero attached hydrogens (tertiary/aromatic N) is 1. The molecule has 5 nitrogen and oxygen atoms in total. The Labute approximate surface area is 157 Å². The van der Waals surface area contributed by atoms with Crippen LogP contribution in [-0.2, 0) is 16.2 Å². The second-order valence-corrected chi connectivity index (χ2v) is 7.11. The number of rotatable bonds is 6. The van der Waals surface area contributed by atoms with Gasteiger partial charge in [0, 0.05) is 30.8 Å². The molecule has 1 aliphatic heterocycles. The Morgan fingerprint density at radius 3 is 2.70 bits per heavy atom. The molecule has 1 N–H and O–H groups in total. The Bertz CT molecular complexity index is 849. The minimum Gasteiger partial charge on any atom is -0.489 e. The Morgan fingerprint density at radius 1 is 1.19 bits per heavy atom. The van der Waals surface area contributed by atoms with Gasteiger partial charge in [0.05, 0.1) is 5.92 Å². The van der Waals surface area contributed by atoms with Gasteiger partial charge in [0.25, 0.3) is 0 Å². The highest BCUT2D eigenvalue weighted by Gasteiger charge is 2.41. The van der Waals surface area contributed by atoms with Crippen molar-refractivity contribution in [3.05, 3.63) is 59.9 Å². The number of likely N-dealkylation sites (tertiary alicyclic amines) is 1. The summed E-state index contributed by atoms with van der Waals surface area (Å²) in [6.07, 6.45) is 2.38. The maximum atomic E-state index is 12.9. The van der Waals surface area contributed by atoms with E-state index in [1.165, 1.54) is 12.1 Å². The van der Waals surface area contributed by atoms with Gasteiger partial charge in [-0.15, -0.1) is 0 Å². The van der Waals surface area contributed by atoms with E-state index in [0.29, 0.717) is 30.6 Å². The van der Waals surface area contributed by atoms with Gasteiger partial charge in [-0.25, -0.2) is 4.39 Å². The molecule has 2 aliphatic rings. The average molecular weight is 368 g/mol. The number of benzene rings is 2. The quantitative estimate of drug-likeness (QED) is 0.851. The molecule has 1 saturated heterocycles. The van der Waals surface area contributed by atoms with Crippen molar-refractivity contribution in [2.24, 2.45) is 5.92 Å². The zero-order valence-electron chi connectivity index (χ0n) is 14.9. The number of halogens is 1. The molecule has 4 rings (SSSR count). The molecule has 1 unspecified atom stereocenters. The lowest BCUT2D eigenvalue weighted by molar-refractivity contribution is -0.128. The summed E-state index contributed by atoms with van der Waals surface area (Å²) in [6, 6.07) is 13.6. The largest absolute Gasteiger partial charge is 0.489 e. The summed E-state index contributed by atoms with van der Waals surface area (Å²) < 4.78 is 18.7. The molecule has 2 amide bonds. The zero-order valence-corrected chi connectivity index (χ0v) is 14.9. The minimum atomic E-state index is -0.304. The van der Waals surface area contributed by atoms with Crippen LogP contribution in [0.3, 0.4) is 0 Å². The van der Waals surface area contributed by atoms with E-state index in [-0.39, 0.29) is 30.0 Å². The molecular formula is C21H21FN2O3. The number of carbonyl (C=O) groups excluding carboxylic acids is 2. The maximum Gasteiger partial charge on any atom is 0.229 e. The van der Waals surface area contributed by atoms with E-state index in [9.17, 15) is 14.0 Å². The molecule has 0 radical (unpaired) electrons. The fourth-order valence-electron chi connectivity index (χ4n) is 3.30. The Balaban J connectivity index is 1.34. The van der Waals surface area contributed by atoms with Gasteiger partial charge in [0.2, 0.25) is 11.8 Å². The van der Waals surface area contributed by atoms with Gasteiger partial charge in [-0.2, -0.15) is 0 Å². The third-order valence-electron chi connectivity index (χ3n) is 4.94. The van der Waals surface area contributed by atoms with Crippen LogP contribution in [0, 0.1) is 11.7 Å². The summed E-state index contributed by atoms with van der Waals surface area (Å²) >= 11 is 0. The molecule has 1 atom stereocenters. The van der Waals surface area contributed by atoms with Gasteiger partial charge in [-0.1, -0.05) is 18.2 Å². The minimum absolute atomic E-state index is 0.0778. The molecule has 6 heteroatoms. The molecule has 2 fully saturated rings. The molecular weight excluding hydrogens is 347 g/mol. The number of ether oxygens (including phenoxy) is 1. The van der Waals surface area contributed by atoms with Crippen LogP contribution in [0.15, 0.2) is 48.5 Å². The lowest BCUT2D eigenvalue weighted by atomic mass is 10.1. The molecule has 1 aliphatic carbocycles. The SMILES string of the molecule is O=C(Nc1cccc(OCc2ccc(F)cc2)c1)C1CC(=O)N(C2CC2)C1. The van der Waals surface area contributed by atoms with Crippen LogP contribution in [0.4, 0.5) is 10.1 Å². The molecule has 0 aromatic heterocycles. The normalized spacial score (nSPS) is 19.2. The van der Waals surface area contributed by atoms with E-state index in [4.69, 9.17) is 4.74 Å². The van der Waals surface area contributed by atoms with E-state index in [1.54, 1.807) is 36.4 Å². The molecule has 1 saturated carbocycles. The van der Waals surface area contributed by atoms with Crippen LogP contribution in [0.1, 0.15) is 24.8 Å². The number of carbonyl (C=O) groups is 2. The van der Waals surface area contributed by atoms with Gasteiger partial charge in [0.1, 0.15) is 18.2 Å². The summed E-state index contributed by atoms with van der Waals surface area (Å²) in [5.41, 5.74) is 1.49. The van der Waals surface area contributed by atoms with Crippen LogP contribution in [0.5, 0.6) is 5.75 Å². The topological polar surface area (TPSA) is 58.6 Å². The van der Waals surface area contributed by atoms with E-state index in [0.717, 1.165) is 18.4 Å². The number of anilines is 1. The van der Waals surface area contributed by atoms with Crippen LogP contribution < -0.4 is 10.1 Å². The summed E-state index contributed by atoms with van der Waals surface area (Å²) in [4.78, 5) is 26.4. The lowest BCUT2D eigenvalue weighted by Crippen LogP contribution is -2.29. The van der Waals surface area contributed by atoms with Crippen molar-refractivity contribution < 1.29 is 18.7 Å². The van der Waals surface area contributed by atoms with E-state index >= 15 is 0 Å². The summed E-state index contributed by atoms with van der Waals surface area (Å²) in [7, 11) is 0. The first-order valence-corrected chi connectivity index (χ1v) is 9.16. The predicted octanol–water partition coefficient (Wildman–Crippen LogP) is 3.35. The number of nitrogens with one attached hydrogen (secondary N) is 1. The van der Waals surface area contributed by atoms with Crippen LogP contribution in [-0.4, -0.2) is 29.3 Å². The monoisotopic (exact) mass is 368 g/mol. The maximum absolute atomic E-state index is 12.9. The molecule has 2 aromatic carbocycles. The Kier molecular flexibility index (Phi) is 4.79. The first-order chi connectivity index (χ1) is 13.1. The van der Waals surface area contributed by atoms with Crippen molar-refractivity contribution in [3.63, 3.8) is 0 Å². The third kappa shape index (κ3) is 4.27. The fourth-order valence-corrected chi connectivity index (χ4v) is 3.30. The van der Waals surface area contributed by atoms with Crippen molar-refractivity contribution in [2.45, 2.75) is 31.9 Å². The number of amides is 2. The van der Waals surface area contributed by atoms with Gasteiger partial charge in [-0.05, 0) is 42.7 Å². The van der Waals surface area contributed by atoms with Crippen LogP contribution in [0.2, 0.25) is 0 Å². The highest BCUT2D eigenvalue weighted by atomic mass is 19.1. The molecule has 140 valence electrons. The van der Waals surface area contributed by atoms with Crippen molar-refractivity contribution in [1.29, 1.82) is 0 Å². The predicted molar refractivity (Wildman–Crippen MR) is 98.6 cm³/mol. The smallest absolute Gasteiger partial charge is 0.229 e. The standard InChI is InChI=1S/C21H21FN2O3/c22-16-6-4-14(5-7-16)13-27-19-3-1-2-17(11-19)23-21(26)15-10-20(25)24(12-15)18-8-9-18/h1-7,11,15,18H,8-10,12-13H2,(H,23,26). The van der Waals surface area contributed by atoms with E-state index < -0.39 is 0 Å². The summed E-state index contributed by atoms with van der Waals surface area (Å²) in [5, 5.41) is 2.88. The van der Waals surface area contributed by atoms with Crippen LogP contribution >= 0.6 is 0 Å². The van der Waals surface area contributed by atoms with Crippen LogP contribution in [0.25, 0.3) is 0 Å². The molecule has 0 spiro atoms. The molecule has 0 bridgehead atoms. The fraction of sp³-hybridized carbons (Fsp3) is 0.333. The molecule has 27 heavy (non-hydrogen) atoms. The molecule has 1 heterocycles. The van der Waals surface area contributed by atoms with Crippen molar-refractivity contribution >= 4 is 17.5 Å². The number of hydrogen-bond donors (Lipinski definition) is 1. The van der Waals surface area contributed by atoms with Gasteiger partial charge in [-0.3, -0.25) is 9.59 Å². The van der Waals surface area contributed by atoms with Crippen molar-refractivity contribution in [3.8, 4) is 5.75 Å². The van der Waals surface area contributed by atoms with E-state index in [1.807, 2.05) is 4.90 Å². The third-order valence-corrected chi connectivity index (χ3v) is 4.94. The van der Waals surface area contributed by atoms with Gasteiger partial charge < -0.3 is 15.0 Å². The summed E-state index contributed by atoms with van der Waals surface area (Å²) in [6.45, 7) is 0.821. The molecule has 2 aromatic rings. The van der Waals surface area contributed by atoms with Gasteiger partial charge in [0.15, 0.2) is 0 Å². The highest BCUT2D eigenvalue weighted by Crippen LogP contribution is 2.33.